The van der Waals surface area contributed by atoms with Crippen LogP contribution < -0.4 is 5.32 Å². The number of phosphoric ester groups is 1. The summed E-state index contributed by atoms with van der Waals surface area (Å²) in [4.78, 5) is 23.3. The minimum Gasteiger partial charge on any atom is -0.387 e. The molecule has 412 valence electrons. The zero-order chi connectivity index (χ0) is 51.3. The Morgan fingerprint density at radius 1 is 0.471 bits per heavy atom. The molecule has 1 amide bonds. The number of aliphatic hydroxyl groups is 1. The number of carbonyl (C=O) groups is 1. The van der Waals surface area contributed by atoms with E-state index in [9.17, 15) is 19.4 Å². The van der Waals surface area contributed by atoms with Gasteiger partial charge in [-0.3, -0.25) is 13.8 Å². The van der Waals surface area contributed by atoms with Gasteiger partial charge in [-0.05, 0) is 70.6 Å². The van der Waals surface area contributed by atoms with Gasteiger partial charge in [0.25, 0.3) is 0 Å². The molecule has 70 heavy (non-hydrogen) atoms. The number of aliphatic hydroxyl groups excluding tert-OH is 1. The lowest BCUT2D eigenvalue weighted by atomic mass is 10.0. The maximum atomic E-state index is 13.0. The van der Waals surface area contributed by atoms with Crippen LogP contribution in [0.25, 0.3) is 0 Å². The van der Waals surface area contributed by atoms with Crippen molar-refractivity contribution in [1.82, 2.24) is 5.32 Å². The Kier molecular flexibility index (Phi) is 51.2. The van der Waals surface area contributed by atoms with Crippen LogP contribution in [0.1, 0.15) is 284 Å². The van der Waals surface area contributed by atoms with Crippen molar-refractivity contribution in [1.29, 1.82) is 0 Å². The molecule has 0 aromatic heterocycles. The van der Waals surface area contributed by atoms with Gasteiger partial charge in [0.1, 0.15) is 13.2 Å². The monoisotopic (exact) mass is 1010 g/mol. The van der Waals surface area contributed by atoms with E-state index in [0.29, 0.717) is 17.4 Å². The summed E-state index contributed by atoms with van der Waals surface area (Å²) in [6, 6.07) is -0.872. The molecule has 0 saturated heterocycles. The van der Waals surface area contributed by atoms with Crippen molar-refractivity contribution in [3.8, 4) is 0 Å². The van der Waals surface area contributed by atoms with Gasteiger partial charge < -0.3 is 19.8 Å². The number of phosphoric acid groups is 1. The molecular weight excluding hydrogens is 888 g/mol. The van der Waals surface area contributed by atoms with E-state index >= 15 is 0 Å². The van der Waals surface area contributed by atoms with Crippen molar-refractivity contribution in [2.24, 2.45) is 0 Å². The molecule has 0 aliphatic carbocycles. The van der Waals surface area contributed by atoms with Crippen LogP contribution in [-0.2, 0) is 18.4 Å². The number of hydrogen-bond acceptors (Lipinski definition) is 5. The van der Waals surface area contributed by atoms with Crippen LogP contribution in [0.2, 0.25) is 0 Å². The maximum absolute atomic E-state index is 13.0. The molecule has 0 aromatic carbocycles. The zero-order valence-electron chi connectivity index (χ0n) is 47.0. The third-order valence-electron chi connectivity index (χ3n) is 13.5. The molecule has 3 N–H and O–H groups in total. The molecule has 3 unspecified atom stereocenters. The van der Waals surface area contributed by atoms with Gasteiger partial charge in [-0.25, -0.2) is 4.57 Å². The number of nitrogens with zero attached hydrogens (tertiary/aromatic N) is 1. The summed E-state index contributed by atoms with van der Waals surface area (Å²) in [7, 11) is 1.55. The van der Waals surface area contributed by atoms with Gasteiger partial charge in [0.05, 0.1) is 39.9 Å². The van der Waals surface area contributed by atoms with Gasteiger partial charge in [0.2, 0.25) is 5.91 Å². The fourth-order valence-corrected chi connectivity index (χ4v) is 9.51. The van der Waals surface area contributed by atoms with Crippen molar-refractivity contribution in [3.05, 3.63) is 48.6 Å². The first-order valence-electron chi connectivity index (χ1n) is 30.0. The highest BCUT2D eigenvalue weighted by atomic mass is 31.2. The quantitative estimate of drug-likeness (QED) is 0.0243. The van der Waals surface area contributed by atoms with E-state index in [0.717, 1.165) is 44.9 Å². The Hall–Kier alpha value is -1.54. The molecule has 8 nitrogen and oxygen atoms in total. The van der Waals surface area contributed by atoms with E-state index in [1.807, 2.05) is 27.2 Å². The van der Waals surface area contributed by atoms with Crippen LogP contribution in [0, 0.1) is 0 Å². The van der Waals surface area contributed by atoms with Crippen molar-refractivity contribution < 1.29 is 32.9 Å². The van der Waals surface area contributed by atoms with E-state index in [4.69, 9.17) is 9.05 Å². The van der Waals surface area contributed by atoms with Crippen molar-refractivity contribution in [2.45, 2.75) is 296 Å². The van der Waals surface area contributed by atoms with Crippen molar-refractivity contribution in [2.75, 3.05) is 40.9 Å². The highest BCUT2D eigenvalue weighted by molar-refractivity contribution is 7.47. The summed E-state index contributed by atoms with van der Waals surface area (Å²) >= 11 is 0. The smallest absolute Gasteiger partial charge is 0.387 e. The number of rotatable bonds is 55. The fraction of sp³-hybridized carbons (Fsp3) is 0.852. The number of quaternary nitrogens is 1. The summed E-state index contributed by atoms with van der Waals surface area (Å²) in [5, 5.41) is 13.9. The maximum Gasteiger partial charge on any atom is 0.472 e. The number of unbranched alkanes of at least 4 members (excludes halogenated alkanes) is 36. The molecule has 9 heteroatoms. The van der Waals surface area contributed by atoms with Crippen LogP contribution in [0.4, 0.5) is 0 Å². The first-order valence-corrected chi connectivity index (χ1v) is 31.5. The van der Waals surface area contributed by atoms with Gasteiger partial charge in [-0.15, -0.1) is 0 Å². The molecule has 0 aliphatic heterocycles. The minimum absolute atomic E-state index is 0.0530. The molecule has 0 heterocycles. The predicted octanol–water partition coefficient (Wildman–Crippen LogP) is 18.3. The number of allylic oxidation sites excluding steroid dienone is 7. The van der Waals surface area contributed by atoms with E-state index < -0.39 is 20.0 Å². The van der Waals surface area contributed by atoms with Crippen molar-refractivity contribution >= 4 is 13.7 Å². The standard InChI is InChI=1S/C61H117N2O6P/c1-6-8-10-12-14-16-18-20-22-24-26-28-30-31-32-33-35-37-39-41-43-45-47-49-51-53-55-61(65)62-59(58-69-70(66,67)68-57-56-63(3,4)5)60(64)54-52-50-48-46-44-42-40-38-36-34-29-27-25-23-21-19-17-15-13-11-9-7-2/h31-32,36,38,44,46,52,54,59-60,64H,6-30,33-35,37,39-43,45,47-51,53,55-58H2,1-5H3,(H-,62,65,66,67)/p+1/b32-31-,38-36+,46-44+,54-52+. The fourth-order valence-electron chi connectivity index (χ4n) is 8.78. The SMILES string of the molecule is CCCCCCCCCCCCCC/C=C\CCCCCCCCCCCCC(=O)NC(COP(=O)(O)OCC[N+](C)(C)C)C(O)/C=C/CC/C=C/CC/C=C/CCCCCCCCCCCCCC. The third-order valence-corrected chi connectivity index (χ3v) is 14.5. The molecule has 0 fully saturated rings. The summed E-state index contributed by atoms with van der Waals surface area (Å²) < 4.78 is 23.7. The second kappa shape index (κ2) is 52.3. The summed E-state index contributed by atoms with van der Waals surface area (Å²) in [6.45, 7) is 4.82. The third kappa shape index (κ3) is 54.2. The van der Waals surface area contributed by atoms with Crippen molar-refractivity contribution in [3.63, 3.8) is 0 Å². The van der Waals surface area contributed by atoms with Crippen LogP contribution in [-0.4, -0.2) is 73.4 Å². The number of hydrogen-bond donors (Lipinski definition) is 3. The Morgan fingerprint density at radius 2 is 0.786 bits per heavy atom. The van der Waals surface area contributed by atoms with E-state index in [-0.39, 0.29) is 19.1 Å². The lowest BCUT2D eigenvalue weighted by molar-refractivity contribution is -0.870. The average Bonchev–Trinajstić information content (AvgIpc) is 3.32. The number of carbonyl (C=O) groups excluding carboxylic acids is 1. The highest BCUT2D eigenvalue weighted by Gasteiger charge is 2.27. The van der Waals surface area contributed by atoms with Gasteiger partial charge in [0, 0.05) is 6.42 Å². The van der Waals surface area contributed by atoms with Crippen LogP contribution in [0.15, 0.2) is 48.6 Å². The first kappa shape index (κ1) is 68.5. The topological polar surface area (TPSA) is 105 Å². The second-order valence-electron chi connectivity index (χ2n) is 21.7. The molecule has 0 bridgehead atoms. The van der Waals surface area contributed by atoms with Gasteiger partial charge in [-0.1, -0.05) is 255 Å². The normalized spacial score (nSPS) is 14.2. The van der Waals surface area contributed by atoms with Gasteiger partial charge in [-0.2, -0.15) is 0 Å². The molecule has 0 rings (SSSR count). The molecular formula is C61H118N2O6P+. The lowest BCUT2D eigenvalue weighted by Gasteiger charge is -2.25. The Bertz CT molecular complexity index is 1280. The molecule has 3 atom stereocenters. The Labute approximate surface area is 435 Å². The highest BCUT2D eigenvalue weighted by Crippen LogP contribution is 2.43. The van der Waals surface area contributed by atoms with Gasteiger partial charge >= 0.3 is 7.82 Å². The molecule has 0 aliphatic rings. The summed E-state index contributed by atoms with van der Waals surface area (Å²) in [5.74, 6) is -0.190. The number of nitrogens with one attached hydrogen (secondary N) is 1. The summed E-state index contributed by atoms with van der Waals surface area (Å²) in [6.07, 6.45) is 69.4. The number of amides is 1. The zero-order valence-corrected chi connectivity index (χ0v) is 47.9. The number of likely N-dealkylation sites (N-methyl/N-ethyl adjacent to an activating group) is 1. The molecule has 0 radical (unpaired) electrons. The van der Waals surface area contributed by atoms with Crippen LogP contribution >= 0.6 is 7.82 Å². The summed E-state index contributed by atoms with van der Waals surface area (Å²) in [5.41, 5.74) is 0. The lowest BCUT2D eigenvalue weighted by Crippen LogP contribution is -2.45. The van der Waals surface area contributed by atoms with Crippen LogP contribution in [0.5, 0.6) is 0 Å². The second-order valence-corrected chi connectivity index (χ2v) is 23.2. The molecule has 0 spiro atoms. The van der Waals surface area contributed by atoms with E-state index in [2.05, 4.69) is 55.6 Å². The molecule has 0 aromatic rings. The van der Waals surface area contributed by atoms with E-state index in [1.54, 1.807) is 6.08 Å². The minimum atomic E-state index is -4.36. The largest absolute Gasteiger partial charge is 0.472 e. The van der Waals surface area contributed by atoms with E-state index in [1.165, 1.54) is 218 Å². The average molecular weight is 1010 g/mol. The Balaban J connectivity index is 4.24. The Morgan fingerprint density at radius 3 is 1.14 bits per heavy atom. The molecule has 0 saturated carbocycles. The predicted molar refractivity (Wildman–Crippen MR) is 304 cm³/mol. The first-order chi connectivity index (χ1) is 34.0. The van der Waals surface area contributed by atoms with Crippen LogP contribution in [0.3, 0.4) is 0 Å². The van der Waals surface area contributed by atoms with Gasteiger partial charge in [0.15, 0.2) is 0 Å².